The third kappa shape index (κ3) is 2.57. The molecule has 1 aromatic heterocycles. The molecule has 0 fully saturated rings. The van der Waals surface area contributed by atoms with Crippen molar-refractivity contribution in [2.45, 2.75) is 6.61 Å². The summed E-state index contributed by atoms with van der Waals surface area (Å²) in [5.74, 6) is 0. The topological polar surface area (TPSA) is 33.1 Å². The molecule has 1 N–H and O–H groups in total. The van der Waals surface area contributed by atoms with E-state index in [1.165, 1.54) is 0 Å². The van der Waals surface area contributed by atoms with E-state index in [-0.39, 0.29) is 6.61 Å². The second kappa shape index (κ2) is 5.52. The van der Waals surface area contributed by atoms with Crippen LogP contribution in [0.5, 0.6) is 0 Å². The van der Waals surface area contributed by atoms with Crippen LogP contribution in [0.1, 0.15) is 5.56 Å². The zero-order valence-electron chi connectivity index (χ0n) is 10.5. The number of hydrogen-bond acceptors (Lipinski definition) is 2. The van der Waals surface area contributed by atoms with Gasteiger partial charge in [-0.05, 0) is 47.0 Å². The molecule has 2 nitrogen and oxygen atoms in total. The lowest BCUT2D eigenvalue weighted by atomic mass is 10.00. The number of nitrogens with zero attached hydrogens (tertiary/aromatic N) is 1. The highest BCUT2D eigenvalue weighted by Gasteiger charge is 2.08. The summed E-state index contributed by atoms with van der Waals surface area (Å²) in [5, 5.41) is 10.8. The summed E-state index contributed by atoms with van der Waals surface area (Å²) < 4.78 is 0.994. The Morgan fingerprint density at radius 1 is 1.10 bits per heavy atom. The number of hydrogen-bond donors (Lipinski definition) is 1. The van der Waals surface area contributed by atoms with E-state index in [0.717, 1.165) is 32.1 Å². The number of aromatic nitrogens is 1. The monoisotopic (exact) mass is 347 g/mol. The highest BCUT2D eigenvalue weighted by atomic mass is 79.9. The first-order valence-corrected chi connectivity index (χ1v) is 7.30. The van der Waals surface area contributed by atoms with Crippen molar-refractivity contribution >= 4 is 38.4 Å². The van der Waals surface area contributed by atoms with Gasteiger partial charge in [0.2, 0.25) is 0 Å². The lowest BCUT2D eigenvalue weighted by Gasteiger charge is -2.09. The van der Waals surface area contributed by atoms with E-state index in [1.54, 1.807) is 0 Å². The molecule has 3 rings (SSSR count). The van der Waals surface area contributed by atoms with E-state index in [1.807, 2.05) is 48.5 Å². The number of pyridine rings is 1. The van der Waals surface area contributed by atoms with Gasteiger partial charge in [-0.25, -0.2) is 4.98 Å². The molecule has 100 valence electrons. The lowest BCUT2D eigenvalue weighted by molar-refractivity contribution is 0.282. The predicted octanol–water partition coefficient (Wildman–Crippen LogP) is 4.81. The maximum Gasteiger partial charge on any atom is 0.130 e. The lowest BCUT2D eigenvalue weighted by Crippen LogP contribution is -1.88. The first kappa shape index (κ1) is 13.6. The van der Waals surface area contributed by atoms with Crippen LogP contribution in [0.2, 0.25) is 5.15 Å². The van der Waals surface area contributed by atoms with Crippen LogP contribution in [0.15, 0.2) is 53.0 Å². The van der Waals surface area contributed by atoms with Crippen molar-refractivity contribution in [3.05, 3.63) is 63.7 Å². The van der Waals surface area contributed by atoms with Crippen molar-refractivity contribution in [1.82, 2.24) is 4.98 Å². The molecule has 0 radical (unpaired) electrons. The third-order valence-electron chi connectivity index (χ3n) is 3.16. The van der Waals surface area contributed by atoms with Crippen molar-refractivity contribution < 1.29 is 5.11 Å². The van der Waals surface area contributed by atoms with Crippen molar-refractivity contribution in [3.63, 3.8) is 0 Å². The molecule has 2 aromatic carbocycles. The number of aliphatic hydroxyl groups is 1. The molecule has 0 saturated carbocycles. The normalized spacial score (nSPS) is 10.9. The van der Waals surface area contributed by atoms with E-state index >= 15 is 0 Å². The molecule has 20 heavy (non-hydrogen) atoms. The van der Waals surface area contributed by atoms with Crippen LogP contribution in [0.25, 0.3) is 22.0 Å². The molecule has 1 heterocycles. The Balaban J connectivity index is 2.31. The van der Waals surface area contributed by atoms with Crippen LogP contribution < -0.4 is 0 Å². The van der Waals surface area contributed by atoms with Crippen LogP contribution in [0, 0.1) is 0 Å². The highest BCUT2D eigenvalue weighted by molar-refractivity contribution is 9.10. The van der Waals surface area contributed by atoms with Crippen LogP contribution in [-0.4, -0.2) is 10.1 Å². The zero-order chi connectivity index (χ0) is 14.1. The minimum atomic E-state index is 0.0221. The van der Waals surface area contributed by atoms with E-state index in [2.05, 4.69) is 20.9 Å². The summed E-state index contributed by atoms with van der Waals surface area (Å²) in [7, 11) is 0. The van der Waals surface area contributed by atoms with Crippen molar-refractivity contribution in [3.8, 4) is 11.1 Å². The summed E-state index contributed by atoms with van der Waals surface area (Å²) in [6.07, 6.45) is 0. The minimum absolute atomic E-state index is 0.0221. The van der Waals surface area contributed by atoms with Gasteiger partial charge in [0, 0.05) is 9.86 Å². The number of halogens is 2. The fourth-order valence-corrected chi connectivity index (χ4v) is 2.80. The summed E-state index contributed by atoms with van der Waals surface area (Å²) in [6, 6.07) is 15.6. The molecule has 3 aromatic rings. The molecule has 0 unspecified atom stereocenters. The summed E-state index contributed by atoms with van der Waals surface area (Å²) in [5.41, 5.74) is 3.75. The molecular formula is C16H11BrClNO. The Hall–Kier alpha value is -1.42. The molecular weight excluding hydrogens is 338 g/mol. The smallest absolute Gasteiger partial charge is 0.130 e. The van der Waals surface area contributed by atoms with Crippen LogP contribution in [0.3, 0.4) is 0 Å². The van der Waals surface area contributed by atoms with Gasteiger partial charge in [-0.3, -0.25) is 0 Å². The van der Waals surface area contributed by atoms with Crippen molar-refractivity contribution in [1.29, 1.82) is 0 Å². The largest absolute Gasteiger partial charge is 0.392 e. The van der Waals surface area contributed by atoms with Crippen LogP contribution in [0.4, 0.5) is 0 Å². The fourth-order valence-electron chi connectivity index (χ4n) is 2.24. The highest BCUT2D eigenvalue weighted by Crippen LogP contribution is 2.32. The number of fused-ring (bicyclic) bond motifs is 1. The van der Waals surface area contributed by atoms with Crippen LogP contribution >= 0.6 is 27.5 Å². The SMILES string of the molecule is OCc1cccc(-c2cc(Cl)nc3ccc(Br)cc23)c1. The molecule has 0 bridgehead atoms. The summed E-state index contributed by atoms with van der Waals surface area (Å²) in [6.45, 7) is 0.0221. The average molecular weight is 349 g/mol. The predicted molar refractivity (Wildman–Crippen MR) is 85.8 cm³/mol. The van der Waals surface area contributed by atoms with Gasteiger partial charge < -0.3 is 5.11 Å². The second-order valence-electron chi connectivity index (χ2n) is 4.51. The third-order valence-corrected chi connectivity index (χ3v) is 3.85. The number of aliphatic hydroxyl groups excluding tert-OH is 1. The first-order valence-electron chi connectivity index (χ1n) is 6.13. The zero-order valence-corrected chi connectivity index (χ0v) is 12.8. The van der Waals surface area contributed by atoms with Crippen molar-refractivity contribution in [2.75, 3.05) is 0 Å². The Morgan fingerprint density at radius 2 is 1.95 bits per heavy atom. The Morgan fingerprint density at radius 3 is 2.75 bits per heavy atom. The molecule has 0 spiro atoms. The van der Waals surface area contributed by atoms with Gasteiger partial charge in [-0.2, -0.15) is 0 Å². The Bertz CT molecular complexity index is 789. The van der Waals surface area contributed by atoms with Gasteiger partial charge in [0.1, 0.15) is 5.15 Å². The van der Waals surface area contributed by atoms with Gasteiger partial charge in [0.15, 0.2) is 0 Å². The molecule has 0 amide bonds. The number of rotatable bonds is 2. The van der Waals surface area contributed by atoms with Gasteiger partial charge >= 0.3 is 0 Å². The fraction of sp³-hybridized carbons (Fsp3) is 0.0625. The standard InChI is InChI=1S/C16H11BrClNO/c17-12-4-5-15-14(7-12)13(8-16(18)19-15)11-3-1-2-10(6-11)9-20/h1-8,20H,9H2. The van der Waals surface area contributed by atoms with E-state index in [4.69, 9.17) is 11.6 Å². The summed E-state index contributed by atoms with van der Waals surface area (Å²) >= 11 is 9.60. The van der Waals surface area contributed by atoms with Crippen LogP contribution in [-0.2, 0) is 6.61 Å². The molecule has 0 aliphatic rings. The summed E-state index contributed by atoms with van der Waals surface area (Å²) in [4.78, 5) is 4.34. The van der Waals surface area contributed by atoms with E-state index < -0.39 is 0 Å². The first-order chi connectivity index (χ1) is 9.67. The van der Waals surface area contributed by atoms with E-state index in [9.17, 15) is 5.11 Å². The van der Waals surface area contributed by atoms with E-state index in [0.29, 0.717) is 5.15 Å². The van der Waals surface area contributed by atoms with Gasteiger partial charge in [0.05, 0.1) is 12.1 Å². The number of benzene rings is 2. The van der Waals surface area contributed by atoms with Gasteiger partial charge in [-0.1, -0.05) is 45.7 Å². The Kier molecular flexibility index (Phi) is 3.74. The van der Waals surface area contributed by atoms with Gasteiger partial charge in [-0.15, -0.1) is 0 Å². The molecule has 0 aliphatic carbocycles. The molecule has 4 heteroatoms. The van der Waals surface area contributed by atoms with Gasteiger partial charge in [0.25, 0.3) is 0 Å². The molecule has 0 aliphatic heterocycles. The van der Waals surface area contributed by atoms with Crippen molar-refractivity contribution in [2.24, 2.45) is 0 Å². The second-order valence-corrected chi connectivity index (χ2v) is 5.82. The minimum Gasteiger partial charge on any atom is -0.392 e. The quantitative estimate of drug-likeness (QED) is 0.674. The molecule has 0 atom stereocenters. The Labute approximate surface area is 130 Å². The molecule has 0 saturated heterocycles. The maximum absolute atomic E-state index is 9.28. The maximum atomic E-state index is 9.28. The average Bonchev–Trinajstić information content (AvgIpc) is 2.47.